The van der Waals surface area contributed by atoms with Crippen molar-refractivity contribution >= 4 is 10.0 Å². The quantitative estimate of drug-likeness (QED) is 0.815. The molecule has 1 aliphatic rings. The Morgan fingerprint density at radius 3 is 2.50 bits per heavy atom. The third-order valence-corrected chi connectivity index (χ3v) is 7.31. The molecule has 0 N–H and O–H groups in total. The van der Waals surface area contributed by atoms with Crippen molar-refractivity contribution < 1.29 is 12.8 Å². The molecule has 1 aromatic heterocycles. The lowest BCUT2D eigenvalue weighted by molar-refractivity contribution is 0.405. The molecule has 5 nitrogen and oxygen atoms in total. The van der Waals surface area contributed by atoms with Crippen LogP contribution in [0.3, 0.4) is 0 Å². The first-order valence-corrected chi connectivity index (χ1v) is 10.6. The van der Waals surface area contributed by atoms with Gasteiger partial charge in [-0.15, -0.1) is 0 Å². The van der Waals surface area contributed by atoms with Gasteiger partial charge in [0.15, 0.2) is 0 Å². The van der Waals surface area contributed by atoms with Crippen LogP contribution >= 0.6 is 0 Å². The van der Waals surface area contributed by atoms with E-state index >= 15 is 0 Å². The van der Waals surface area contributed by atoms with Crippen molar-refractivity contribution in [3.05, 3.63) is 47.0 Å². The van der Waals surface area contributed by atoms with E-state index in [0.717, 1.165) is 24.8 Å². The lowest BCUT2D eigenvalue weighted by atomic mass is 9.95. The van der Waals surface area contributed by atoms with E-state index in [2.05, 4.69) is 5.10 Å². The van der Waals surface area contributed by atoms with E-state index in [4.69, 9.17) is 0 Å². The van der Waals surface area contributed by atoms with Crippen LogP contribution in [0.1, 0.15) is 49.1 Å². The zero-order chi connectivity index (χ0) is 18.9. The van der Waals surface area contributed by atoms with Crippen molar-refractivity contribution in [1.82, 2.24) is 14.1 Å². The van der Waals surface area contributed by atoms with Crippen LogP contribution in [0.2, 0.25) is 0 Å². The summed E-state index contributed by atoms with van der Waals surface area (Å²) < 4.78 is 43.3. The number of hydrogen-bond acceptors (Lipinski definition) is 3. The third-order valence-electron chi connectivity index (χ3n) is 5.19. The van der Waals surface area contributed by atoms with Crippen molar-refractivity contribution in [3.63, 3.8) is 0 Å². The number of aryl methyl sites for hydroxylation is 2. The van der Waals surface area contributed by atoms with E-state index < -0.39 is 10.0 Å². The van der Waals surface area contributed by atoms with Gasteiger partial charge in [0, 0.05) is 19.6 Å². The molecule has 7 heteroatoms. The standard InChI is InChI=1S/C19H26FN3O2S/c1-4-23-15(3)19(14(2)21-23)26(24,25)22-12-6-5-7-17(13-22)16-8-10-18(20)11-9-16/h8-11,17H,4-7,12-13H2,1-3H3. The maximum Gasteiger partial charge on any atom is 0.246 e. The van der Waals surface area contributed by atoms with Crippen LogP contribution in [0.4, 0.5) is 4.39 Å². The Balaban J connectivity index is 1.94. The summed E-state index contributed by atoms with van der Waals surface area (Å²) in [7, 11) is -3.61. The van der Waals surface area contributed by atoms with Crippen molar-refractivity contribution in [1.29, 1.82) is 0 Å². The topological polar surface area (TPSA) is 55.2 Å². The molecule has 1 aliphatic heterocycles. The fraction of sp³-hybridized carbons (Fsp3) is 0.526. The number of hydrogen-bond donors (Lipinski definition) is 0. The summed E-state index contributed by atoms with van der Waals surface area (Å²) >= 11 is 0. The molecule has 2 heterocycles. The number of benzene rings is 1. The van der Waals surface area contributed by atoms with Crippen molar-refractivity contribution in [2.24, 2.45) is 0 Å². The summed E-state index contributed by atoms with van der Waals surface area (Å²) in [6.45, 7) is 7.08. The van der Waals surface area contributed by atoms with Crippen molar-refractivity contribution in [2.75, 3.05) is 13.1 Å². The Hall–Kier alpha value is -1.73. The van der Waals surface area contributed by atoms with Crippen molar-refractivity contribution in [3.8, 4) is 0 Å². The Morgan fingerprint density at radius 1 is 1.19 bits per heavy atom. The predicted octanol–water partition coefficient (Wildman–Crippen LogP) is 3.62. The van der Waals surface area contributed by atoms with Crippen LogP contribution in [0.5, 0.6) is 0 Å². The summed E-state index contributed by atoms with van der Waals surface area (Å²) in [5, 5.41) is 4.37. The zero-order valence-electron chi connectivity index (χ0n) is 15.6. The van der Waals surface area contributed by atoms with Crippen LogP contribution in [0, 0.1) is 19.7 Å². The van der Waals surface area contributed by atoms with Gasteiger partial charge in [0.05, 0.1) is 11.4 Å². The largest absolute Gasteiger partial charge is 0.268 e. The Morgan fingerprint density at radius 2 is 1.88 bits per heavy atom. The van der Waals surface area contributed by atoms with E-state index in [1.807, 2.05) is 13.8 Å². The highest BCUT2D eigenvalue weighted by Gasteiger charge is 2.33. The van der Waals surface area contributed by atoms with E-state index in [9.17, 15) is 12.8 Å². The Labute approximate surface area is 154 Å². The minimum absolute atomic E-state index is 0.0784. The van der Waals surface area contributed by atoms with Gasteiger partial charge in [-0.2, -0.15) is 9.40 Å². The van der Waals surface area contributed by atoms with Gasteiger partial charge in [0.25, 0.3) is 0 Å². The van der Waals surface area contributed by atoms with Crippen LogP contribution in [0.15, 0.2) is 29.2 Å². The van der Waals surface area contributed by atoms with E-state index in [1.54, 1.807) is 28.0 Å². The minimum atomic E-state index is -3.61. The number of aromatic nitrogens is 2. The molecule has 0 saturated carbocycles. The van der Waals surface area contributed by atoms with Gasteiger partial charge in [-0.25, -0.2) is 12.8 Å². The highest BCUT2D eigenvalue weighted by Crippen LogP contribution is 2.31. The van der Waals surface area contributed by atoms with E-state index in [-0.39, 0.29) is 11.7 Å². The number of rotatable bonds is 4. The second kappa shape index (κ2) is 7.48. The van der Waals surface area contributed by atoms with Crippen LogP contribution in [-0.4, -0.2) is 35.6 Å². The summed E-state index contributed by atoms with van der Waals surface area (Å²) in [5.41, 5.74) is 2.23. The fourth-order valence-corrected chi connectivity index (χ4v) is 5.72. The maximum atomic E-state index is 13.4. The Kier molecular flexibility index (Phi) is 5.48. The average Bonchev–Trinajstić information content (AvgIpc) is 2.78. The van der Waals surface area contributed by atoms with Gasteiger partial charge in [0.1, 0.15) is 10.7 Å². The molecular weight excluding hydrogens is 353 g/mol. The molecular formula is C19H26FN3O2S. The Bertz CT molecular complexity index is 875. The van der Waals surface area contributed by atoms with Crippen LogP contribution < -0.4 is 0 Å². The monoisotopic (exact) mass is 379 g/mol. The fourth-order valence-electron chi connectivity index (χ4n) is 3.82. The normalized spacial score (nSPS) is 19.5. The van der Waals surface area contributed by atoms with Crippen molar-refractivity contribution in [2.45, 2.75) is 57.4 Å². The SMILES string of the molecule is CCn1nc(C)c(S(=O)(=O)N2CCCCC(c3ccc(F)cc3)C2)c1C. The highest BCUT2D eigenvalue weighted by atomic mass is 32.2. The molecule has 1 fully saturated rings. The molecule has 3 rings (SSSR count). The van der Waals surface area contributed by atoms with Gasteiger partial charge in [0.2, 0.25) is 10.0 Å². The smallest absolute Gasteiger partial charge is 0.246 e. The number of halogens is 1. The molecule has 142 valence electrons. The molecule has 1 unspecified atom stereocenters. The van der Waals surface area contributed by atoms with Gasteiger partial charge in [-0.05, 0) is 57.2 Å². The third kappa shape index (κ3) is 3.55. The molecule has 1 aromatic carbocycles. The molecule has 26 heavy (non-hydrogen) atoms. The molecule has 1 saturated heterocycles. The predicted molar refractivity (Wildman–Crippen MR) is 99.1 cm³/mol. The molecule has 0 spiro atoms. The van der Waals surface area contributed by atoms with Gasteiger partial charge >= 0.3 is 0 Å². The molecule has 0 aliphatic carbocycles. The molecule has 1 atom stereocenters. The number of sulfonamides is 1. The van der Waals surface area contributed by atoms with Gasteiger partial charge in [-0.1, -0.05) is 18.6 Å². The zero-order valence-corrected chi connectivity index (χ0v) is 16.4. The second-order valence-corrected chi connectivity index (χ2v) is 8.80. The maximum absolute atomic E-state index is 13.4. The summed E-state index contributed by atoms with van der Waals surface area (Å²) in [6, 6.07) is 6.42. The average molecular weight is 380 g/mol. The van der Waals surface area contributed by atoms with Gasteiger partial charge < -0.3 is 0 Å². The molecule has 0 amide bonds. The van der Waals surface area contributed by atoms with Crippen LogP contribution in [0.25, 0.3) is 0 Å². The first kappa shape index (κ1) is 19.0. The van der Waals surface area contributed by atoms with E-state index in [0.29, 0.717) is 35.9 Å². The molecule has 0 radical (unpaired) electrons. The summed E-state index contributed by atoms with van der Waals surface area (Å²) in [4.78, 5) is 0.333. The summed E-state index contributed by atoms with van der Waals surface area (Å²) in [5.74, 6) is -0.195. The van der Waals surface area contributed by atoms with Gasteiger partial charge in [-0.3, -0.25) is 4.68 Å². The molecule has 0 bridgehead atoms. The van der Waals surface area contributed by atoms with E-state index in [1.165, 1.54) is 12.1 Å². The minimum Gasteiger partial charge on any atom is -0.268 e. The number of nitrogens with zero attached hydrogens (tertiary/aromatic N) is 3. The van der Waals surface area contributed by atoms with Crippen LogP contribution in [-0.2, 0) is 16.6 Å². The molecule has 2 aromatic rings. The lowest BCUT2D eigenvalue weighted by Crippen LogP contribution is -2.34. The highest BCUT2D eigenvalue weighted by molar-refractivity contribution is 7.89. The summed E-state index contributed by atoms with van der Waals surface area (Å²) in [6.07, 6.45) is 2.70. The lowest BCUT2D eigenvalue weighted by Gasteiger charge is -2.24. The first-order valence-electron chi connectivity index (χ1n) is 9.14. The second-order valence-electron chi connectivity index (χ2n) is 6.92. The first-order chi connectivity index (χ1) is 12.3.